The lowest BCUT2D eigenvalue weighted by Crippen LogP contribution is -2.43. The average Bonchev–Trinajstić information content (AvgIpc) is 2.24. The van der Waals surface area contributed by atoms with Crippen LogP contribution in [0.1, 0.15) is 26.7 Å². The van der Waals surface area contributed by atoms with Gasteiger partial charge in [0.05, 0.1) is 5.75 Å². The molecule has 0 saturated carbocycles. The zero-order valence-corrected chi connectivity index (χ0v) is 13.3. The average molecular weight is 299 g/mol. The first kappa shape index (κ1) is 18.2. The molecule has 4 nitrogen and oxygen atoms in total. The van der Waals surface area contributed by atoms with Gasteiger partial charge in [-0.25, -0.2) is 8.42 Å². The van der Waals surface area contributed by atoms with Crippen molar-refractivity contribution in [3.63, 3.8) is 0 Å². The topological polar surface area (TPSA) is 49.4 Å². The van der Waals surface area contributed by atoms with Gasteiger partial charge in [0.1, 0.15) is 9.84 Å². The van der Waals surface area contributed by atoms with E-state index in [-0.39, 0.29) is 24.2 Å². The number of hydrogen-bond acceptors (Lipinski definition) is 4. The summed E-state index contributed by atoms with van der Waals surface area (Å²) < 4.78 is 22.6. The van der Waals surface area contributed by atoms with Gasteiger partial charge >= 0.3 is 0 Å². The van der Waals surface area contributed by atoms with Crippen LogP contribution in [0.15, 0.2) is 0 Å². The molecule has 0 aromatic heterocycles. The van der Waals surface area contributed by atoms with Crippen LogP contribution in [0.5, 0.6) is 0 Å². The van der Waals surface area contributed by atoms with Gasteiger partial charge in [-0.3, -0.25) is 4.90 Å². The standard InChI is InChI=1S/C12H26N2O2S.ClH/c1-4-14(11(2)10-17(3,15)16)9-12-5-7-13-8-6-12;/h11-13H,4-10H2,1-3H3;1H. The summed E-state index contributed by atoms with van der Waals surface area (Å²) in [6.45, 7) is 8.30. The SMILES string of the molecule is CCN(CC1CCNCC1)C(C)CS(C)(=O)=O.Cl. The minimum absolute atomic E-state index is 0. The molecule has 18 heavy (non-hydrogen) atoms. The minimum atomic E-state index is -2.87. The Labute approximate surface area is 118 Å². The fourth-order valence-electron chi connectivity index (χ4n) is 2.56. The Hall–Kier alpha value is 0.160. The van der Waals surface area contributed by atoms with Crippen LogP contribution in [-0.2, 0) is 9.84 Å². The second-order valence-corrected chi connectivity index (χ2v) is 7.41. The van der Waals surface area contributed by atoms with Crippen LogP contribution in [0.2, 0.25) is 0 Å². The fraction of sp³-hybridized carbons (Fsp3) is 1.00. The number of rotatable bonds is 6. The molecule has 1 unspecified atom stereocenters. The highest BCUT2D eigenvalue weighted by Gasteiger charge is 2.21. The summed E-state index contributed by atoms with van der Waals surface area (Å²) in [6, 6.07) is 0.130. The van der Waals surface area contributed by atoms with Crippen molar-refractivity contribution in [1.29, 1.82) is 0 Å². The van der Waals surface area contributed by atoms with Gasteiger partial charge in [-0.2, -0.15) is 0 Å². The van der Waals surface area contributed by atoms with E-state index >= 15 is 0 Å². The Morgan fingerprint density at radius 2 is 1.89 bits per heavy atom. The summed E-state index contributed by atoms with van der Waals surface area (Å²) in [7, 11) is -2.87. The molecule has 0 aromatic rings. The first-order chi connectivity index (χ1) is 7.92. The van der Waals surface area contributed by atoms with Gasteiger partial charge in [-0.15, -0.1) is 12.4 Å². The molecule has 0 radical (unpaired) electrons. The highest BCUT2D eigenvalue weighted by Crippen LogP contribution is 2.15. The van der Waals surface area contributed by atoms with Crippen LogP contribution < -0.4 is 5.32 Å². The molecule has 0 spiro atoms. The summed E-state index contributed by atoms with van der Waals surface area (Å²) in [5.74, 6) is 0.990. The maximum Gasteiger partial charge on any atom is 0.148 e. The number of halogens is 1. The van der Waals surface area contributed by atoms with Crippen LogP contribution >= 0.6 is 12.4 Å². The van der Waals surface area contributed by atoms with Gasteiger partial charge in [0.2, 0.25) is 0 Å². The first-order valence-corrected chi connectivity index (χ1v) is 8.61. The Balaban J connectivity index is 0.00000289. The van der Waals surface area contributed by atoms with Crippen molar-refractivity contribution < 1.29 is 8.42 Å². The molecule has 0 amide bonds. The second kappa shape index (κ2) is 8.35. The van der Waals surface area contributed by atoms with E-state index < -0.39 is 9.84 Å². The van der Waals surface area contributed by atoms with E-state index in [1.54, 1.807) is 0 Å². The van der Waals surface area contributed by atoms with E-state index in [1.165, 1.54) is 19.1 Å². The van der Waals surface area contributed by atoms with Gasteiger partial charge in [-0.1, -0.05) is 6.92 Å². The highest BCUT2D eigenvalue weighted by molar-refractivity contribution is 7.90. The molecule has 1 fully saturated rings. The Kier molecular flexibility index (Phi) is 8.43. The molecule has 1 heterocycles. The maximum atomic E-state index is 11.3. The molecule has 110 valence electrons. The van der Waals surface area contributed by atoms with Crippen molar-refractivity contribution in [2.24, 2.45) is 5.92 Å². The number of nitrogens with one attached hydrogen (secondary N) is 1. The second-order valence-electron chi connectivity index (χ2n) is 5.22. The highest BCUT2D eigenvalue weighted by atomic mass is 35.5. The van der Waals surface area contributed by atoms with E-state index in [4.69, 9.17) is 0 Å². The Morgan fingerprint density at radius 3 is 2.33 bits per heavy atom. The largest absolute Gasteiger partial charge is 0.317 e. The summed E-state index contributed by atoms with van der Waals surface area (Å²) in [5.41, 5.74) is 0. The van der Waals surface area contributed by atoms with Crippen LogP contribution in [0.4, 0.5) is 0 Å². The van der Waals surface area contributed by atoms with E-state index in [0.717, 1.165) is 32.1 Å². The van der Waals surface area contributed by atoms with E-state index in [2.05, 4.69) is 17.1 Å². The zero-order valence-electron chi connectivity index (χ0n) is 11.7. The van der Waals surface area contributed by atoms with Crippen LogP contribution in [-0.4, -0.2) is 57.5 Å². The Bertz CT molecular complexity index is 316. The van der Waals surface area contributed by atoms with Crippen LogP contribution in [0, 0.1) is 5.92 Å². The van der Waals surface area contributed by atoms with Crippen molar-refractivity contribution in [1.82, 2.24) is 10.2 Å². The van der Waals surface area contributed by atoms with Gasteiger partial charge in [0.25, 0.3) is 0 Å². The lowest BCUT2D eigenvalue weighted by atomic mass is 9.97. The monoisotopic (exact) mass is 298 g/mol. The molecule has 1 rings (SSSR count). The lowest BCUT2D eigenvalue weighted by molar-refractivity contribution is 0.179. The lowest BCUT2D eigenvalue weighted by Gasteiger charge is -2.33. The molecule has 1 N–H and O–H groups in total. The predicted molar refractivity (Wildman–Crippen MR) is 79.3 cm³/mol. The van der Waals surface area contributed by atoms with E-state index in [9.17, 15) is 8.42 Å². The number of nitrogens with zero attached hydrogens (tertiary/aromatic N) is 1. The number of piperidine rings is 1. The normalized spacial score (nSPS) is 19.6. The summed E-state index contributed by atoms with van der Waals surface area (Å²) >= 11 is 0. The summed E-state index contributed by atoms with van der Waals surface area (Å²) in [5, 5.41) is 3.36. The third-order valence-corrected chi connectivity index (χ3v) is 4.61. The molecule has 1 aliphatic heterocycles. The number of hydrogen-bond donors (Lipinski definition) is 1. The van der Waals surface area contributed by atoms with Gasteiger partial charge in [-0.05, 0) is 45.3 Å². The molecule has 0 bridgehead atoms. The molecule has 1 saturated heterocycles. The van der Waals surface area contributed by atoms with Crippen molar-refractivity contribution in [2.45, 2.75) is 32.7 Å². The minimum Gasteiger partial charge on any atom is -0.317 e. The quantitative estimate of drug-likeness (QED) is 0.799. The molecular formula is C12H27ClN2O2S. The summed E-state index contributed by atoms with van der Waals surface area (Å²) in [6.07, 6.45) is 3.74. The molecule has 1 aliphatic rings. The van der Waals surface area contributed by atoms with Crippen LogP contribution in [0.3, 0.4) is 0 Å². The van der Waals surface area contributed by atoms with Crippen LogP contribution in [0.25, 0.3) is 0 Å². The van der Waals surface area contributed by atoms with Gasteiger partial charge in [0.15, 0.2) is 0 Å². The third kappa shape index (κ3) is 6.92. The van der Waals surface area contributed by atoms with Crippen molar-refractivity contribution >= 4 is 22.2 Å². The first-order valence-electron chi connectivity index (χ1n) is 6.55. The van der Waals surface area contributed by atoms with Crippen molar-refractivity contribution in [3.8, 4) is 0 Å². The maximum absolute atomic E-state index is 11.3. The molecule has 0 aliphatic carbocycles. The molecule has 6 heteroatoms. The van der Waals surface area contributed by atoms with Gasteiger partial charge < -0.3 is 5.32 Å². The Morgan fingerprint density at radius 1 is 1.33 bits per heavy atom. The summed E-state index contributed by atoms with van der Waals surface area (Å²) in [4.78, 5) is 2.30. The van der Waals surface area contributed by atoms with E-state index in [1.807, 2.05) is 6.92 Å². The number of sulfone groups is 1. The molecule has 0 aromatic carbocycles. The zero-order chi connectivity index (χ0) is 12.9. The molecule has 1 atom stereocenters. The fourth-order valence-corrected chi connectivity index (χ4v) is 3.65. The van der Waals surface area contributed by atoms with Crippen molar-refractivity contribution in [3.05, 3.63) is 0 Å². The van der Waals surface area contributed by atoms with E-state index in [0.29, 0.717) is 0 Å². The third-order valence-electron chi connectivity index (χ3n) is 3.52. The molecular weight excluding hydrogens is 272 g/mol. The predicted octanol–water partition coefficient (Wildman–Crippen LogP) is 1.16. The smallest absolute Gasteiger partial charge is 0.148 e. The van der Waals surface area contributed by atoms with Crippen molar-refractivity contribution in [2.75, 3.05) is 38.2 Å². The van der Waals surface area contributed by atoms with Gasteiger partial charge in [0, 0.05) is 18.8 Å².